The standard InChI is InChI=1S/C20H23NO5/c1-5-24-19(22)11-15(4)21-20(23)17-9-8-16(26-17)12-25-18-10-13(2)6-7-14(18)3/h6-11H,5,12H2,1-4H3,(H,21,23)/b15-11+. The van der Waals surface area contributed by atoms with E-state index in [1.54, 1.807) is 26.0 Å². The van der Waals surface area contributed by atoms with E-state index in [0.29, 0.717) is 11.5 Å². The van der Waals surface area contributed by atoms with Crippen LogP contribution in [0.3, 0.4) is 0 Å². The highest BCUT2D eigenvalue weighted by Crippen LogP contribution is 2.21. The van der Waals surface area contributed by atoms with Crippen molar-refractivity contribution in [2.75, 3.05) is 6.61 Å². The predicted octanol–water partition coefficient (Wildman–Crippen LogP) is 3.67. The lowest BCUT2D eigenvalue weighted by molar-refractivity contribution is -0.137. The number of esters is 1. The van der Waals surface area contributed by atoms with Crippen LogP contribution < -0.4 is 10.1 Å². The van der Waals surface area contributed by atoms with Gasteiger partial charge >= 0.3 is 5.97 Å². The molecule has 2 aromatic rings. The zero-order chi connectivity index (χ0) is 19.1. The normalized spacial score (nSPS) is 11.2. The summed E-state index contributed by atoms with van der Waals surface area (Å²) >= 11 is 0. The molecule has 0 fully saturated rings. The lowest BCUT2D eigenvalue weighted by atomic mass is 10.1. The van der Waals surface area contributed by atoms with Gasteiger partial charge in [-0.15, -0.1) is 0 Å². The minimum Gasteiger partial charge on any atom is -0.485 e. The molecular formula is C20H23NO5. The van der Waals surface area contributed by atoms with Crippen LogP contribution in [0.1, 0.15) is 41.3 Å². The Kier molecular flexibility index (Phi) is 6.60. The van der Waals surface area contributed by atoms with Gasteiger partial charge in [-0.05, 0) is 57.0 Å². The number of nitrogens with one attached hydrogen (secondary N) is 1. The van der Waals surface area contributed by atoms with Crippen LogP contribution in [0.2, 0.25) is 0 Å². The molecule has 0 atom stereocenters. The number of carbonyl (C=O) groups excluding carboxylic acids is 2. The lowest BCUT2D eigenvalue weighted by Gasteiger charge is -2.08. The second-order valence-corrected chi connectivity index (χ2v) is 5.86. The Bertz CT molecular complexity index is 819. The van der Waals surface area contributed by atoms with E-state index in [-0.39, 0.29) is 19.0 Å². The third-order valence-electron chi connectivity index (χ3n) is 3.53. The largest absolute Gasteiger partial charge is 0.485 e. The zero-order valence-corrected chi connectivity index (χ0v) is 15.4. The van der Waals surface area contributed by atoms with E-state index in [4.69, 9.17) is 13.9 Å². The number of hydrogen-bond acceptors (Lipinski definition) is 5. The van der Waals surface area contributed by atoms with Gasteiger partial charge < -0.3 is 19.2 Å². The van der Waals surface area contributed by atoms with Crippen molar-refractivity contribution in [3.8, 4) is 5.75 Å². The summed E-state index contributed by atoms with van der Waals surface area (Å²) in [5.41, 5.74) is 2.51. The van der Waals surface area contributed by atoms with E-state index in [0.717, 1.165) is 16.9 Å². The van der Waals surface area contributed by atoms with Crippen LogP contribution in [0.4, 0.5) is 0 Å². The van der Waals surface area contributed by atoms with Crippen LogP contribution in [0.25, 0.3) is 0 Å². The van der Waals surface area contributed by atoms with Crippen molar-refractivity contribution in [2.45, 2.75) is 34.3 Å². The van der Waals surface area contributed by atoms with E-state index in [9.17, 15) is 9.59 Å². The fourth-order valence-corrected chi connectivity index (χ4v) is 2.23. The molecule has 26 heavy (non-hydrogen) atoms. The van der Waals surface area contributed by atoms with E-state index < -0.39 is 11.9 Å². The fraction of sp³-hybridized carbons (Fsp3) is 0.300. The first-order chi connectivity index (χ1) is 12.4. The van der Waals surface area contributed by atoms with E-state index >= 15 is 0 Å². The Morgan fingerprint density at radius 2 is 1.96 bits per heavy atom. The maximum absolute atomic E-state index is 12.1. The summed E-state index contributed by atoms with van der Waals surface area (Å²) in [7, 11) is 0. The molecule has 1 amide bonds. The Morgan fingerprint density at radius 3 is 2.69 bits per heavy atom. The third kappa shape index (κ3) is 5.51. The van der Waals surface area contributed by atoms with Gasteiger partial charge in [0.15, 0.2) is 5.76 Å². The fourth-order valence-electron chi connectivity index (χ4n) is 2.23. The maximum Gasteiger partial charge on any atom is 0.332 e. The Hall–Kier alpha value is -3.02. The van der Waals surface area contributed by atoms with Crippen molar-refractivity contribution >= 4 is 11.9 Å². The lowest BCUT2D eigenvalue weighted by Crippen LogP contribution is -2.21. The summed E-state index contributed by atoms with van der Waals surface area (Å²) in [6.45, 7) is 7.77. The number of aryl methyl sites for hydroxylation is 2. The second kappa shape index (κ2) is 8.89. The van der Waals surface area contributed by atoms with Crippen LogP contribution in [0.5, 0.6) is 5.75 Å². The molecule has 0 aliphatic carbocycles. The third-order valence-corrected chi connectivity index (χ3v) is 3.53. The quantitative estimate of drug-likeness (QED) is 0.604. The van der Waals surface area contributed by atoms with Crippen LogP contribution in [0.15, 0.2) is 46.5 Å². The number of amides is 1. The highest BCUT2D eigenvalue weighted by Gasteiger charge is 2.13. The number of benzene rings is 1. The number of carbonyl (C=O) groups is 2. The highest BCUT2D eigenvalue weighted by atomic mass is 16.5. The first kappa shape index (κ1) is 19.3. The van der Waals surface area contributed by atoms with Crippen LogP contribution in [-0.2, 0) is 16.1 Å². The number of ether oxygens (including phenoxy) is 2. The summed E-state index contributed by atoms with van der Waals surface area (Å²) in [4.78, 5) is 23.5. The average molecular weight is 357 g/mol. The van der Waals surface area contributed by atoms with Crippen molar-refractivity contribution in [3.05, 3.63) is 64.8 Å². The summed E-state index contributed by atoms with van der Waals surface area (Å²) in [6.07, 6.45) is 1.22. The molecule has 1 aromatic heterocycles. The molecule has 0 unspecified atom stereocenters. The molecule has 6 nitrogen and oxygen atoms in total. The molecule has 0 radical (unpaired) electrons. The summed E-state index contributed by atoms with van der Waals surface area (Å²) < 4.78 is 16.1. The topological polar surface area (TPSA) is 77.8 Å². The number of furan rings is 1. The first-order valence-corrected chi connectivity index (χ1v) is 8.34. The Balaban J connectivity index is 1.95. The van der Waals surface area contributed by atoms with Gasteiger partial charge in [0.25, 0.3) is 5.91 Å². The molecular weight excluding hydrogens is 334 g/mol. The van der Waals surface area contributed by atoms with Gasteiger partial charge in [0.2, 0.25) is 0 Å². The number of rotatable bonds is 7. The van der Waals surface area contributed by atoms with Crippen LogP contribution in [0, 0.1) is 13.8 Å². The molecule has 0 aliphatic heterocycles. The first-order valence-electron chi connectivity index (χ1n) is 8.34. The Labute approximate surface area is 152 Å². The predicted molar refractivity (Wildman–Crippen MR) is 96.8 cm³/mol. The SMILES string of the molecule is CCOC(=O)/C=C(\C)NC(=O)c1ccc(COc2cc(C)ccc2C)o1. The van der Waals surface area contributed by atoms with Crippen molar-refractivity contribution in [2.24, 2.45) is 0 Å². The minimum absolute atomic E-state index is 0.140. The molecule has 0 saturated heterocycles. The van der Waals surface area contributed by atoms with Crippen LogP contribution in [-0.4, -0.2) is 18.5 Å². The zero-order valence-electron chi connectivity index (χ0n) is 15.4. The smallest absolute Gasteiger partial charge is 0.332 e. The second-order valence-electron chi connectivity index (χ2n) is 5.86. The summed E-state index contributed by atoms with van der Waals surface area (Å²) in [5, 5.41) is 2.58. The van der Waals surface area contributed by atoms with E-state index in [2.05, 4.69) is 5.32 Å². The molecule has 2 rings (SSSR count). The van der Waals surface area contributed by atoms with Gasteiger partial charge in [-0.2, -0.15) is 0 Å². The van der Waals surface area contributed by atoms with Gasteiger partial charge in [-0.25, -0.2) is 4.79 Å². The van der Waals surface area contributed by atoms with Gasteiger partial charge in [-0.3, -0.25) is 4.79 Å². The van der Waals surface area contributed by atoms with Crippen molar-refractivity contribution in [3.63, 3.8) is 0 Å². The van der Waals surface area contributed by atoms with E-state index in [1.165, 1.54) is 6.08 Å². The van der Waals surface area contributed by atoms with Crippen molar-refractivity contribution < 1.29 is 23.5 Å². The van der Waals surface area contributed by atoms with E-state index in [1.807, 2.05) is 32.0 Å². The molecule has 1 N–H and O–H groups in total. The Morgan fingerprint density at radius 1 is 1.19 bits per heavy atom. The molecule has 0 aliphatic rings. The highest BCUT2D eigenvalue weighted by molar-refractivity contribution is 5.93. The van der Waals surface area contributed by atoms with Crippen molar-refractivity contribution in [1.82, 2.24) is 5.32 Å². The van der Waals surface area contributed by atoms with Crippen molar-refractivity contribution in [1.29, 1.82) is 0 Å². The molecule has 0 bridgehead atoms. The molecule has 6 heteroatoms. The summed E-state index contributed by atoms with van der Waals surface area (Å²) in [5.74, 6) is 0.498. The van der Waals surface area contributed by atoms with Gasteiger partial charge in [0.05, 0.1) is 6.61 Å². The number of hydrogen-bond donors (Lipinski definition) is 1. The van der Waals surface area contributed by atoms with Crippen LogP contribution >= 0.6 is 0 Å². The maximum atomic E-state index is 12.1. The molecule has 0 saturated carbocycles. The minimum atomic E-state index is -0.507. The van der Waals surface area contributed by atoms with Gasteiger partial charge in [-0.1, -0.05) is 12.1 Å². The average Bonchev–Trinajstić information content (AvgIpc) is 3.05. The molecule has 1 heterocycles. The van der Waals surface area contributed by atoms with Gasteiger partial charge in [0.1, 0.15) is 18.1 Å². The molecule has 0 spiro atoms. The summed E-state index contributed by atoms with van der Waals surface area (Å²) in [6, 6.07) is 9.21. The monoisotopic (exact) mass is 357 g/mol. The number of allylic oxidation sites excluding steroid dienone is 1. The molecule has 1 aromatic carbocycles. The molecule has 138 valence electrons. The van der Waals surface area contributed by atoms with Gasteiger partial charge in [0, 0.05) is 11.8 Å².